The van der Waals surface area contributed by atoms with Gasteiger partial charge >= 0.3 is 0 Å². The van der Waals surface area contributed by atoms with Crippen LogP contribution in [0.3, 0.4) is 0 Å². The molecule has 29 heavy (non-hydrogen) atoms. The average molecular weight is 479 g/mol. The largest absolute Gasteiger partial charge is 0.343 e. The number of carbonyl (C=O) groups is 2. The van der Waals surface area contributed by atoms with Crippen molar-refractivity contribution in [3.63, 3.8) is 0 Å². The maximum absolute atomic E-state index is 12.8. The number of nitrogens with zero attached hydrogens (tertiary/aromatic N) is 4. The maximum Gasteiger partial charge on any atom is 0.233 e. The van der Waals surface area contributed by atoms with Crippen molar-refractivity contribution in [2.24, 2.45) is 0 Å². The first-order chi connectivity index (χ1) is 13.8. The van der Waals surface area contributed by atoms with Crippen LogP contribution in [-0.4, -0.2) is 88.4 Å². The molecule has 0 radical (unpaired) electrons. The summed E-state index contributed by atoms with van der Waals surface area (Å²) in [5, 5.41) is 8.21. The van der Waals surface area contributed by atoms with Crippen LogP contribution in [0.15, 0.2) is 8.68 Å². The topological polar surface area (TPSA) is 101 Å². The second kappa shape index (κ2) is 9.97. The molecule has 3 rings (SSSR count). The van der Waals surface area contributed by atoms with Crippen LogP contribution in [0.4, 0.5) is 0 Å². The van der Waals surface area contributed by atoms with E-state index in [0.717, 1.165) is 12.8 Å². The molecule has 0 bridgehead atoms. The van der Waals surface area contributed by atoms with Crippen LogP contribution in [0.5, 0.6) is 0 Å². The summed E-state index contributed by atoms with van der Waals surface area (Å²) in [6.45, 7) is 5.29. The standard InChI is InChI=1S/C17H26N4O4S4/c1-3-20(4-2)14(22)9-26-16-18-19-17(28-16)27-10-15(23)21(12-5-6-12)13-7-8-29(24,25)11-13/h12-13H,3-11H2,1-2H3. The van der Waals surface area contributed by atoms with Crippen molar-refractivity contribution in [1.29, 1.82) is 0 Å². The van der Waals surface area contributed by atoms with Gasteiger partial charge in [-0.15, -0.1) is 10.2 Å². The number of hydrogen-bond donors (Lipinski definition) is 0. The fraction of sp³-hybridized carbons (Fsp3) is 0.765. The van der Waals surface area contributed by atoms with Crippen molar-refractivity contribution in [1.82, 2.24) is 20.0 Å². The van der Waals surface area contributed by atoms with Gasteiger partial charge in [0.05, 0.1) is 23.0 Å². The van der Waals surface area contributed by atoms with Gasteiger partial charge in [0.1, 0.15) is 0 Å². The summed E-state index contributed by atoms with van der Waals surface area (Å²) < 4.78 is 25.0. The van der Waals surface area contributed by atoms with Crippen molar-refractivity contribution in [2.45, 2.75) is 53.9 Å². The minimum atomic E-state index is -3.02. The molecule has 1 aromatic heterocycles. The second-order valence-electron chi connectivity index (χ2n) is 7.07. The van der Waals surface area contributed by atoms with Gasteiger partial charge in [0, 0.05) is 25.2 Å². The molecule has 1 saturated carbocycles. The predicted octanol–water partition coefficient (Wildman–Crippen LogP) is 1.77. The number of hydrogen-bond acceptors (Lipinski definition) is 9. The van der Waals surface area contributed by atoms with Crippen molar-refractivity contribution in [3.05, 3.63) is 0 Å². The minimum absolute atomic E-state index is 0.0271. The Kier molecular flexibility index (Phi) is 7.85. The number of thioether (sulfide) groups is 2. The zero-order valence-corrected chi connectivity index (χ0v) is 19.8. The second-order valence-corrected chi connectivity index (χ2v) is 12.7. The Morgan fingerprint density at radius 2 is 1.59 bits per heavy atom. The molecular weight excluding hydrogens is 452 g/mol. The Morgan fingerprint density at radius 1 is 1.00 bits per heavy atom. The highest BCUT2D eigenvalue weighted by Gasteiger charge is 2.41. The first kappa shape index (κ1) is 22.8. The Hall–Kier alpha value is -0.850. The molecule has 0 N–H and O–H groups in total. The molecule has 2 aliphatic rings. The summed E-state index contributed by atoms with van der Waals surface area (Å²) in [5.74, 6) is 0.854. The van der Waals surface area contributed by atoms with Crippen molar-refractivity contribution >= 4 is 56.5 Å². The van der Waals surface area contributed by atoms with E-state index in [2.05, 4.69) is 10.2 Å². The Morgan fingerprint density at radius 3 is 2.07 bits per heavy atom. The third-order valence-corrected chi connectivity index (χ3v) is 9.88. The van der Waals surface area contributed by atoms with E-state index in [1.165, 1.54) is 34.9 Å². The van der Waals surface area contributed by atoms with Gasteiger partial charge in [-0.2, -0.15) is 0 Å². The molecule has 2 heterocycles. The van der Waals surface area contributed by atoms with Crippen LogP contribution in [0.25, 0.3) is 0 Å². The highest BCUT2D eigenvalue weighted by Crippen LogP contribution is 2.34. The minimum Gasteiger partial charge on any atom is -0.343 e. The number of amides is 2. The quantitative estimate of drug-likeness (QED) is 0.469. The van der Waals surface area contributed by atoms with Gasteiger partial charge in [-0.3, -0.25) is 9.59 Å². The van der Waals surface area contributed by atoms with Gasteiger partial charge in [0.2, 0.25) is 11.8 Å². The molecule has 12 heteroatoms. The molecule has 2 fully saturated rings. The zero-order valence-electron chi connectivity index (χ0n) is 16.6. The normalized spacial score (nSPS) is 20.6. The number of carbonyl (C=O) groups excluding carboxylic acids is 2. The summed E-state index contributed by atoms with van der Waals surface area (Å²) >= 11 is 4.07. The van der Waals surface area contributed by atoms with E-state index in [1.54, 1.807) is 9.80 Å². The molecule has 2 amide bonds. The fourth-order valence-electron chi connectivity index (χ4n) is 3.36. The molecule has 162 valence electrons. The smallest absolute Gasteiger partial charge is 0.233 e. The van der Waals surface area contributed by atoms with Gasteiger partial charge in [0.15, 0.2) is 18.5 Å². The lowest BCUT2D eigenvalue weighted by Gasteiger charge is -2.28. The van der Waals surface area contributed by atoms with Crippen LogP contribution < -0.4 is 0 Å². The summed E-state index contributed by atoms with van der Waals surface area (Å²) in [6.07, 6.45) is 2.44. The molecular formula is C17H26N4O4S4. The van der Waals surface area contributed by atoms with Crippen LogP contribution in [0.2, 0.25) is 0 Å². The van der Waals surface area contributed by atoms with Crippen LogP contribution in [0, 0.1) is 0 Å². The number of aromatic nitrogens is 2. The molecule has 8 nitrogen and oxygen atoms in total. The summed E-state index contributed by atoms with van der Waals surface area (Å²) in [5.41, 5.74) is 0. The van der Waals surface area contributed by atoms with Crippen LogP contribution in [-0.2, 0) is 19.4 Å². The molecule has 1 aliphatic heterocycles. The van der Waals surface area contributed by atoms with E-state index in [0.29, 0.717) is 33.9 Å². The van der Waals surface area contributed by atoms with E-state index in [4.69, 9.17) is 0 Å². The third kappa shape index (κ3) is 6.31. The highest BCUT2D eigenvalue weighted by atomic mass is 32.2. The van der Waals surface area contributed by atoms with Gasteiger partial charge in [-0.1, -0.05) is 34.9 Å². The SMILES string of the molecule is CCN(CC)C(=O)CSc1nnc(SCC(=O)N(C2CC2)C2CCS(=O)(=O)C2)s1. The highest BCUT2D eigenvalue weighted by molar-refractivity contribution is 8.03. The molecule has 0 spiro atoms. The van der Waals surface area contributed by atoms with Gasteiger partial charge < -0.3 is 9.80 Å². The summed E-state index contributed by atoms with van der Waals surface area (Å²) in [4.78, 5) is 28.4. The monoisotopic (exact) mass is 478 g/mol. The lowest BCUT2D eigenvalue weighted by molar-refractivity contribution is -0.131. The van der Waals surface area contributed by atoms with Crippen LogP contribution >= 0.6 is 34.9 Å². The Bertz CT molecular complexity index is 836. The lowest BCUT2D eigenvalue weighted by atomic mass is 10.2. The fourth-order valence-corrected chi connectivity index (χ4v) is 7.86. The maximum atomic E-state index is 12.8. The molecule has 1 atom stereocenters. The molecule has 1 aliphatic carbocycles. The average Bonchev–Trinajstić information content (AvgIpc) is 3.29. The molecule has 0 aromatic carbocycles. The van der Waals surface area contributed by atoms with Crippen molar-refractivity contribution < 1.29 is 18.0 Å². The summed E-state index contributed by atoms with van der Waals surface area (Å²) in [7, 11) is -3.02. The predicted molar refractivity (Wildman–Crippen MR) is 116 cm³/mol. The van der Waals surface area contributed by atoms with E-state index in [9.17, 15) is 18.0 Å². The van der Waals surface area contributed by atoms with E-state index in [-0.39, 0.29) is 41.2 Å². The third-order valence-electron chi connectivity index (χ3n) is 4.97. The first-order valence-electron chi connectivity index (χ1n) is 9.71. The Labute approximate surface area is 184 Å². The zero-order chi connectivity index (χ0) is 21.0. The van der Waals surface area contributed by atoms with E-state index < -0.39 is 9.84 Å². The van der Waals surface area contributed by atoms with Crippen LogP contribution in [0.1, 0.15) is 33.1 Å². The molecule has 1 unspecified atom stereocenters. The van der Waals surface area contributed by atoms with Gasteiger partial charge in [-0.25, -0.2) is 8.42 Å². The van der Waals surface area contributed by atoms with Gasteiger partial charge in [-0.05, 0) is 33.1 Å². The number of sulfone groups is 1. The molecule has 1 aromatic rings. The van der Waals surface area contributed by atoms with Gasteiger partial charge in [0.25, 0.3) is 0 Å². The molecule has 1 saturated heterocycles. The Balaban J connectivity index is 1.49. The van der Waals surface area contributed by atoms with Crippen molar-refractivity contribution in [3.8, 4) is 0 Å². The van der Waals surface area contributed by atoms with Crippen molar-refractivity contribution in [2.75, 3.05) is 36.1 Å². The number of rotatable bonds is 10. The summed E-state index contributed by atoms with van der Waals surface area (Å²) in [6, 6.07) is 0.000233. The first-order valence-corrected chi connectivity index (χ1v) is 14.3. The van der Waals surface area contributed by atoms with E-state index >= 15 is 0 Å². The van der Waals surface area contributed by atoms with E-state index in [1.807, 2.05) is 13.8 Å². The lowest BCUT2D eigenvalue weighted by Crippen LogP contribution is -2.43.